The topological polar surface area (TPSA) is 84.3 Å². The Morgan fingerprint density at radius 3 is 2.61 bits per heavy atom. The standard InChI is InChI=1S/C27H29ClFN6O2P/c1-37-25-15-22(35-11-13-38(2,36)14-12-35)7-8-24(25)32-26-23(28)16-30-27(33-26)31-21-9-10-34(18-21)17-19-3-5-20(29)6-4-19/h3-10,15-16,18H,11-14,17H2,1-2H3,(H2,30,31,32,33). The fourth-order valence-corrected chi connectivity index (χ4v) is 6.00. The molecule has 4 aromatic rings. The Morgan fingerprint density at radius 2 is 1.87 bits per heavy atom. The van der Waals surface area contributed by atoms with E-state index in [1.807, 2.05) is 47.9 Å². The van der Waals surface area contributed by atoms with Crippen LogP contribution in [-0.4, -0.2) is 53.7 Å². The Bertz CT molecular complexity index is 1470. The number of aromatic nitrogens is 3. The zero-order valence-corrected chi connectivity index (χ0v) is 22.8. The van der Waals surface area contributed by atoms with Gasteiger partial charge in [0.15, 0.2) is 5.82 Å². The monoisotopic (exact) mass is 554 g/mol. The van der Waals surface area contributed by atoms with Crippen LogP contribution >= 0.6 is 18.7 Å². The molecule has 0 unspecified atom stereocenters. The van der Waals surface area contributed by atoms with Crippen LogP contribution in [0.3, 0.4) is 0 Å². The zero-order valence-electron chi connectivity index (χ0n) is 21.2. The molecule has 2 aromatic carbocycles. The first kappa shape index (κ1) is 26.1. The van der Waals surface area contributed by atoms with Crippen molar-refractivity contribution in [1.29, 1.82) is 0 Å². The number of hydrogen-bond donors (Lipinski definition) is 2. The van der Waals surface area contributed by atoms with Gasteiger partial charge in [-0.3, -0.25) is 0 Å². The maximum Gasteiger partial charge on any atom is 0.229 e. The van der Waals surface area contributed by atoms with Crippen LogP contribution in [0.1, 0.15) is 5.56 Å². The molecule has 2 aromatic heterocycles. The minimum atomic E-state index is -2.00. The number of halogens is 2. The molecule has 0 radical (unpaired) electrons. The van der Waals surface area contributed by atoms with Gasteiger partial charge in [0, 0.05) is 56.1 Å². The average Bonchev–Trinajstić information content (AvgIpc) is 3.34. The number of nitrogens with zero attached hydrogens (tertiary/aromatic N) is 4. The molecule has 5 rings (SSSR count). The van der Waals surface area contributed by atoms with E-state index in [1.54, 1.807) is 19.2 Å². The van der Waals surface area contributed by atoms with Crippen LogP contribution in [0.2, 0.25) is 5.02 Å². The third kappa shape index (κ3) is 6.29. The molecule has 38 heavy (non-hydrogen) atoms. The number of hydrogen-bond acceptors (Lipinski definition) is 7. The van der Waals surface area contributed by atoms with Crippen molar-refractivity contribution in [2.75, 3.05) is 54.7 Å². The van der Waals surface area contributed by atoms with E-state index in [4.69, 9.17) is 16.3 Å². The first-order valence-electron chi connectivity index (χ1n) is 12.2. The molecule has 198 valence electrons. The fourth-order valence-electron chi connectivity index (χ4n) is 4.31. The van der Waals surface area contributed by atoms with Crippen molar-refractivity contribution in [3.63, 3.8) is 0 Å². The van der Waals surface area contributed by atoms with E-state index in [0.29, 0.717) is 34.8 Å². The van der Waals surface area contributed by atoms with E-state index in [2.05, 4.69) is 25.5 Å². The van der Waals surface area contributed by atoms with Gasteiger partial charge in [-0.1, -0.05) is 23.7 Å². The minimum Gasteiger partial charge on any atom is -0.494 e. The number of benzene rings is 2. The van der Waals surface area contributed by atoms with Gasteiger partial charge in [-0.2, -0.15) is 4.98 Å². The van der Waals surface area contributed by atoms with Crippen molar-refractivity contribution in [2.24, 2.45) is 0 Å². The van der Waals surface area contributed by atoms with Crippen LogP contribution < -0.4 is 20.3 Å². The van der Waals surface area contributed by atoms with Crippen LogP contribution in [0.25, 0.3) is 0 Å². The molecular formula is C27H29ClFN6O2P. The summed E-state index contributed by atoms with van der Waals surface area (Å²) in [5.41, 5.74) is 3.54. The SMILES string of the molecule is COc1cc(N2CCP(C)(=O)CC2)ccc1Nc1nc(Nc2ccn(Cc3ccc(F)cc3)c2)ncc1Cl. The lowest BCUT2D eigenvalue weighted by Crippen LogP contribution is -2.34. The highest BCUT2D eigenvalue weighted by Gasteiger charge is 2.24. The molecule has 0 saturated carbocycles. The Kier molecular flexibility index (Phi) is 7.58. The minimum absolute atomic E-state index is 0.252. The van der Waals surface area contributed by atoms with Gasteiger partial charge in [0.2, 0.25) is 5.95 Å². The summed E-state index contributed by atoms with van der Waals surface area (Å²) in [6.45, 7) is 4.03. The van der Waals surface area contributed by atoms with Gasteiger partial charge >= 0.3 is 0 Å². The van der Waals surface area contributed by atoms with E-state index in [1.165, 1.54) is 18.3 Å². The molecule has 8 nitrogen and oxygen atoms in total. The van der Waals surface area contributed by atoms with Gasteiger partial charge < -0.3 is 29.4 Å². The molecule has 11 heteroatoms. The third-order valence-corrected chi connectivity index (χ3v) is 9.09. The van der Waals surface area contributed by atoms with Gasteiger partial charge in [0.1, 0.15) is 16.6 Å². The molecule has 3 heterocycles. The number of ether oxygens (including phenoxy) is 1. The summed E-state index contributed by atoms with van der Waals surface area (Å²) in [5, 5.41) is 6.82. The molecular weight excluding hydrogens is 526 g/mol. The maximum absolute atomic E-state index is 13.2. The van der Waals surface area contributed by atoms with Crippen molar-refractivity contribution in [3.8, 4) is 5.75 Å². The van der Waals surface area contributed by atoms with Crippen molar-refractivity contribution >= 4 is 47.6 Å². The van der Waals surface area contributed by atoms with Crippen molar-refractivity contribution in [2.45, 2.75) is 6.54 Å². The summed E-state index contributed by atoms with van der Waals surface area (Å²) >= 11 is 6.41. The van der Waals surface area contributed by atoms with Gasteiger partial charge in [-0.25, -0.2) is 9.37 Å². The molecule has 1 fully saturated rings. The number of anilines is 5. The van der Waals surface area contributed by atoms with E-state index < -0.39 is 7.14 Å². The quantitative estimate of drug-likeness (QED) is 0.243. The van der Waals surface area contributed by atoms with Crippen LogP contribution in [0.15, 0.2) is 67.1 Å². The molecule has 2 N–H and O–H groups in total. The number of rotatable bonds is 8. The highest BCUT2D eigenvalue weighted by Crippen LogP contribution is 2.44. The number of nitrogens with one attached hydrogen (secondary N) is 2. The second-order valence-corrected chi connectivity index (χ2v) is 13.4. The summed E-state index contributed by atoms with van der Waals surface area (Å²) in [4.78, 5) is 11.1. The fraction of sp³-hybridized carbons (Fsp3) is 0.259. The van der Waals surface area contributed by atoms with Crippen LogP contribution in [-0.2, 0) is 11.1 Å². The summed E-state index contributed by atoms with van der Waals surface area (Å²) in [7, 11) is -0.388. The summed E-state index contributed by atoms with van der Waals surface area (Å²) < 4.78 is 33.1. The maximum atomic E-state index is 13.2. The molecule has 0 amide bonds. The second-order valence-electron chi connectivity index (χ2n) is 9.45. The smallest absolute Gasteiger partial charge is 0.229 e. The summed E-state index contributed by atoms with van der Waals surface area (Å²) in [6.07, 6.45) is 6.82. The first-order chi connectivity index (χ1) is 18.3. The molecule has 1 aliphatic rings. The van der Waals surface area contributed by atoms with Gasteiger partial charge in [0.05, 0.1) is 31.8 Å². The highest BCUT2D eigenvalue weighted by atomic mass is 35.5. The molecule has 0 bridgehead atoms. The lowest BCUT2D eigenvalue weighted by Gasteiger charge is -2.32. The molecule has 1 aliphatic heterocycles. The van der Waals surface area contributed by atoms with Crippen LogP contribution in [0, 0.1) is 5.82 Å². The predicted molar refractivity (Wildman–Crippen MR) is 152 cm³/mol. The van der Waals surface area contributed by atoms with Gasteiger partial charge in [0.25, 0.3) is 0 Å². The van der Waals surface area contributed by atoms with Crippen LogP contribution in [0.5, 0.6) is 5.75 Å². The van der Waals surface area contributed by atoms with Gasteiger partial charge in [-0.05, 0) is 42.6 Å². The molecule has 1 saturated heterocycles. The Balaban J connectivity index is 1.28. The Morgan fingerprint density at radius 1 is 1.11 bits per heavy atom. The lowest BCUT2D eigenvalue weighted by atomic mass is 10.2. The zero-order chi connectivity index (χ0) is 26.7. The Hall–Kier alpha value is -3.55. The lowest BCUT2D eigenvalue weighted by molar-refractivity contribution is 0.417. The van der Waals surface area contributed by atoms with Crippen LogP contribution in [0.4, 0.5) is 33.2 Å². The second kappa shape index (κ2) is 11.1. The van der Waals surface area contributed by atoms with E-state index >= 15 is 0 Å². The largest absolute Gasteiger partial charge is 0.494 e. The van der Waals surface area contributed by atoms with Crippen molar-refractivity contribution < 1.29 is 13.7 Å². The first-order valence-corrected chi connectivity index (χ1v) is 15.1. The van der Waals surface area contributed by atoms with Crippen molar-refractivity contribution in [1.82, 2.24) is 14.5 Å². The number of methoxy groups -OCH3 is 1. The van der Waals surface area contributed by atoms with E-state index in [9.17, 15) is 8.96 Å². The predicted octanol–water partition coefficient (Wildman–Crippen LogP) is 6.43. The molecule has 0 spiro atoms. The Labute approximate surface area is 226 Å². The van der Waals surface area contributed by atoms with Crippen molar-refractivity contribution in [3.05, 3.63) is 83.5 Å². The van der Waals surface area contributed by atoms with E-state index in [-0.39, 0.29) is 5.82 Å². The average molecular weight is 555 g/mol. The van der Waals surface area contributed by atoms with Gasteiger partial charge in [-0.15, -0.1) is 0 Å². The highest BCUT2D eigenvalue weighted by molar-refractivity contribution is 7.63. The normalized spacial score (nSPS) is 14.8. The third-order valence-electron chi connectivity index (χ3n) is 6.52. The summed E-state index contributed by atoms with van der Waals surface area (Å²) in [6, 6.07) is 14.2. The summed E-state index contributed by atoms with van der Waals surface area (Å²) in [5.74, 6) is 1.21. The molecule has 0 aliphatic carbocycles. The van der Waals surface area contributed by atoms with E-state index in [0.717, 1.165) is 42.4 Å². The molecule has 0 atom stereocenters.